The zero-order valence-electron chi connectivity index (χ0n) is 13.9. The molecule has 0 aliphatic heterocycles. The molecule has 0 aliphatic carbocycles. The molecule has 0 fully saturated rings. The number of carbonyl (C=O) groups is 3. The van der Waals surface area contributed by atoms with Gasteiger partial charge in [-0.2, -0.15) is 0 Å². The predicted octanol–water partition coefficient (Wildman–Crippen LogP) is 2.46. The van der Waals surface area contributed by atoms with E-state index in [-0.39, 0.29) is 23.7 Å². The van der Waals surface area contributed by atoms with Crippen LogP contribution in [-0.2, 0) is 14.3 Å². The van der Waals surface area contributed by atoms with Crippen LogP contribution in [0.3, 0.4) is 0 Å². The lowest BCUT2D eigenvalue weighted by Gasteiger charge is -2.10. The standard InChI is InChI=1S/C17H24N2O4S/c1-2-7-16(21)23-12-24-14-9-4-3-8-13(14)17(22)19-11-6-5-10-15(18)20/h3-4,8-9H,2,5-7,10-12H2,1H3,(H2,18,20)(H,19,22). The van der Waals surface area contributed by atoms with E-state index in [1.165, 1.54) is 11.8 Å². The highest BCUT2D eigenvalue weighted by molar-refractivity contribution is 7.99. The van der Waals surface area contributed by atoms with Gasteiger partial charge >= 0.3 is 5.97 Å². The maximum absolute atomic E-state index is 12.2. The van der Waals surface area contributed by atoms with Crippen molar-refractivity contribution in [3.05, 3.63) is 29.8 Å². The highest BCUT2D eigenvalue weighted by Crippen LogP contribution is 2.23. The molecule has 0 saturated heterocycles. The number of benzene rings is 1. The number of unbranched alkanes of at least 4 members (excludes halogenated alkanes) is 1. The summed E-state index contributed by atoms with van der Waals surface area (Å²) in [6.45, 7) is 2.40. The lowest BCUT2D eigenvalue weighted by molar-refractivity contribution is -0.141. The Labute approximate surface area is 146 Å². The Balaban J connectivity index is 2.45. The Kier molecular flexibility index (Phi) is 9.60. The minimum absolute atomic E-state index is 0.182. The summed E-state index contributed by atoms with van der Waals surface area (Å²) in [4.78, 5) is 35.0. The number of nitrogens with two attached hydrogens (primary N) is 1. The number of nitrogens with one attached hydrogen (secondary N) is 1. The molecule has 2 amide bonds. The van der Waals surface area contributed by atoms with Gasteiger partial charge in [0, 0.05) is 24.3 Å². The van der Waals surface area contributed by atoms with Gasteiger partial charge in [0.05, 0.1) is 5.56 Å². The summed E-state index contributed by atoms with van der Waals surface area (Å²) >= 11 is 1.31. The molecule has 0 radical (unpaired) electrons. The molecule has 0 bridgehead atoms. The van der Waals surface area contributed by atoms with E-state index < -0.39 is 0 Å². The number of carbonyl (C=O) groups excluding carboxylic acids is 3. The van der Waals surface area contributed by atoms with Crippen LogP contribution < -0.4 is 11.1 Å². The highest BCUT2D eigenvalue weighted by Gasteiger charge is 2.11. The Morgan fingerprint density at radius 1 is 1.17 bits per heavy atom. The molecule has 1 rings (SSSR count). The summed E-state index contributed by atoms with van der Waals surface area (Å²) in [6.07, 6.45) is 2.82. The van der Waals surface area contributed by atoms with Gasteiger partial charge in [0.2, 0.25) is 5.91 Å². The topological polar surface area (TPSA) is 98.5 Å². The molecule has 0 heterocycles. The van der Waals surface area contributed by atoms with Crippen molar-refractivity contribution in [1.82, 2.24) is 5.32 Å². The van der Waals surface area contributed by atoms with Crippen LogP contribution in [0.2, 0.25) is 0 Å². The molecule has 6 nitrogen and oxygen atoms in total. The van der Waals surface area contributed by atoms with Crippen LogP contribution >= 0.6 is 11.8 Å². The smallest absolute Gasteiger partial charge is 0.306 e. The SMILES string of the molecule is CCCC(=O)OCSc1ccccc1C(=O)NCCCCC(N)=O. The van der Waals surface area contributed by atoms with Crippen molar-refractivity contribution in [2.75, 3.05) is 12.5 Å². The van der Waals surface area contributed by atoms with Crippen molar-refractivity contribution in [1.29, 1.82) is 0 Å². The van der Waals surface area contributed by atoms with E-state index in [0.29, 0.717) is 37.8 Å². The first-order valence-electron chi connectivity index (χ1n) is 7.98. The molecule has 0 aliphatic rings. The largest absolute Gasteiger partial charge is 0.454 e. The summed E-state index contributed by atoms with van der Waals surface area (Å²) in [5.74, 6) is -0.569. The number of rotatable bonds is 11. The van der Waals surface area contributed by atoms with Crippen molar-refractivity contribution in [2.24, 2.45) is 5.73 Å². The van der Waals surface area contributed by atoms with E-state index in [2.05, 4.69) is 5.32 Å². The molecular weight excluding hydrogens is 328 g/mol. The van der Waals surface area contributed by atoms with Crippen molar-refractivity contribution in [3.8, 4) is 0 Å². The lowest BCUT2D eigenvalue weighted by atomic mass is 10.2. The monoisotopic (exact) mass is 352 g/mol. The predicted molar refractivity (Wildman–Crippen MR) is 93.5 cm³/mol. The first kappa shape index (κ1) is 20.0. The third-order valence-corrected chi connectivity index (χ3v) is 4.06. The first-order chi connectivity index (χ1) is 11.5. The van der Waals surface area contributed by atoms with Crippen LogP contribution in [0.1, 0.15) is 49.4 Å². The van der Waals surface area contributed by atoms with Gasteiger partial charge in [0.1, 0.15) is 5.94 Å². The molecule has 0 unspecified atom stereocenters. The van der Waals surface area contributed by atoms with Gasteiger partial charge in [-0.3, -0.25) is 14.4 Å². The van der Waals surface area contributed by atoms with Crippen molar-refractivity contribution >= 4 is 29.5 Å². The third kappa shape index (κ3) is 8.01. The second-order valence-electron chi connectivity index (χ2n) is 5.20. The zero-order valence-corrected chi connectivity index (χ0v) is 14.7. The Morgan fingerprint density at radius 3 is 2.62 bits per heavy atom. The highest BCUT2D eigenvalue weighted by atomic mass is 32.2. The molecule has 132 valence electrons. The zero-order chi connectivity index (χ0) is 17.8. The van der Waals surface area contributed by atoms with Crippen molar-refractivity contribution < 1.29 is 19.1 Å². The fourth-order valence-corrected chi connectivity index (χ4v) is 2.74. The quantitative estimate of drug-likeness (QED) is 0.276. The van der Waals surface area contributed by atoms with Crippen LogP contribution in [0.5, 0.6) is 0 Å². The molecule has 0 aromatic heterocycles. The normalized spacial score (nSPS) is 10.2. The number of thioether (sulfide) groups is 1. The first-order valence-corrected chi connectivity index (χ1v) is 8.97. The van der Waals surface area contributed by atoms with Crippen molar-refractivity contribution in [2.45, 2.75) is 43.9 Å². The van der Waals surface area contributed by atoms with Gasteiger partial charge in [0.25, 0.3) is 5.91 Å². The Morgan fingerprint density at radius 2 is 1.92 bits per heavy atom. The number of primary amides is 1. The van der Waals surface area contributed by atoms with Crippen LogP contribution in [0.25, 0.3) is 0 Å². The Bertz CT molecular complexity index is 563. The molecule has 24 heavy (non-hydrogen) atoms. The third-order valence-electron chi connectivity index (χ3n) is 3.16. The molecule has 1 aromatic carbocycles. The molecule has 0 spiro atoms. The number of hydrogen-bond donors (Lipinski definition) is 2. The maximum atomic E-state index is 12.2. The minimum Gasteiger partial charge on any atom is -0.454 e. The van der Waals surface area contributed by atoms with Crippen LogP contribution in [0, 0.1) is 0 Å². The fourth-order valence-electron chi connectivity index (χ4n) is 1.94. The fraction of sp³-hybridized carbons (Fsp3) is 0.471. The average molecular weight is 352 g/mol. The van der Waals surface area contributed by atoms with E-state index in [0.717, 1.165) is 11.3 Å². The van der Waals surface area contributed by atoms with E-state index in [4.69, 9.17) is 10.5 Å². The summed E-state index contributed by atoms with van der Waals surface area (Å²) < 4.78 is 5.11. The summed E-state index contributed by atoms with van der Waals surface area (Å²) in [6, 6.07) is 7.17. The number of esters is 1. The van der Waals surface area contributed by atoms with Crippen LogP contribution in [-0.4, -0.2) is 30.3 Å². The van der Waals surface area contributed by atoms with E-state index in [9.17, 15) is 14.4 Å². The molecule has 0 saturated carbocycles. The molecule has 1 aromatic rings. The maximum Gasteiger partial charge on any atom is 0.306 e. The second-order valence-corrected chi connectivity index (χ2v) is 6.17. The van der Waals surface area contributed by atoms with Gasteiger partial charge in [-0.1, -0.05) is 30.8 Å². The second kappa shape index (κ2) is 11.5. The van der Waals surface area contributed by atoms with Gasteiger partial charge in [-0.05, 0) is 31.4 Å². The molecular formula is C17H24N2O4S. The molecule has 7 heteroatoms. The average Bonchev–Trinajstić information content (AvgIpc) is 2.55. The summed E-state index contributed by atoms with van der Waals surface area (Å²) in [5.41, 5.74) is 5.61. The molecule has 3 N–H and O–H groups in total. The van der Waals surface area contributed by atoms with Gasteiger partial charge in [-0.25, -0.2) is 0 Å². The van der Waals surface area contributed by atoms with Crippen LogP contribution in [0.15, 0.2) is 29.2 Å². The van der Waals surface area contributed by atoms with E-state index in [1.54, 1.807) is 12.1 Å². The van der Waals surface area contributed by atoms with Crippen molar-refractivity contribution in [3.63, 3.8) is 0 Å². The van der Waals surface area contributed by atoms with Gasteiger partial charge in [-0.15, -0.1) is 0 Å². The van der Waals surface area contributed by atoms with Gasteiger partial charge in [0.15, 0.2) is 0 Å². The van der Waals surface area contributed by atoms with Gasteiger partial charge < -0.3 is 15.8 Å². The summed E-state index contributed by atoms with van der Waals surface area (Å²) in [5, 5.41) is 2.82. The number of amides is 2. The minimum atomic E-state index is -0.333. The van der Waals surface area contributed by atoms with E-state index in [1.807, 2.05) is 19.1 Å². The Hall–Kier alpha value is -2.02. The van der Waals surface area contributed by atoms with Crippen LogP contribution in [0.4, 0.5) is 0 Å². The number of ether oxygens (including phenoxy) is 1. The molecule has 0 atom stereocenters. The lowest BCUT2D eigenvalue weighted by Crippen LogP contribution is -2.25. The van der Waals surface area contributed by atoms with E-state index >= 15 is 0 Å². The summed E-state index contributed by atoms with van der Waals surface area (Å²) in [7, 11) is 0. The number of hydrogen-bond acceptors (Lipinski definition) is 5.